The van der Waals surface area contributed by atoms with E-state index in [1.807, 2.05) is 43.3 Å². The number of piperazine rings is 1. The van der Waals surface area contributed by atoms with E-state index in [0.717, 1.165) is 60.8 Å². The summed E-state index contributed by atoms with van der Waals surface area (Å²) in [5, 5.41) is 11.4. The summed E-state index contributed by atoms with van der Waals surface area (Å²) in [6.45, 7) is 8.12. The van der Waals surface area contributed by atoms with Gasteiger partial charge in [-0.2, -0.15) is 0 Å². The van der Waals surface area contributed by atoms with E-state index in [2.05, 4.69) is 47.3 Å². The molecular formula is C25H30N8O2. The molecule has 4 aromatic rings. The number of benzene rings is 1. The number of aryl methyl sites for hydroxylation is 1. The fraction of sp³-hybridized carbons (Fsp3) is 0.360. The Morgan fingerprint density at radius 1 is 1.03 bits per heavy atom. The van der Waals surface area contributed by atoms with Crippen molar-refractivity contribution >= 4 is 22.5 Å². The Morgan fingerprint density at radius 2 is 1.91 bits per heavy atom. The van der Waals surface area contributed by atoms with E-state index in [1.54, 1.807) is 6.20 Å². The van der Waals surface area contributed by atoms with Gasteiger partial charge in [0.2, 0.25) is 5.88 Å². The zero-order chi connectivity index (χ0) is 24.0. The van der Waals surface area contributed by atoms with E-state index in [0.29, 0.717) is 30.6 Å². The molecule has 0 atom stereocenters. The van der Waals surface area contributed by atoms with Crippen LogP contribution >= 0.6 is 0 Å². The lowest BCUT2D eigenvalue weighted by atomic mass is 10.2. The molecule has 35 heavy (non-hydrogen) atoms. The Labute approximate surface area is 204 Å². The first-order valence-electron chi connectivity index (χ1n) is 11.8. The number of hydrogen-bond donors (Lipinski definition) is 2. The normalized spacial score (nSPS) is 14.8. The molecule has 0 unspecified atom stereocenters. The minimum atomic E-state index is 0.421. The van der Waals surface area contributed by atoms with Gasteiger partial charge in [0.05, 0.1) is 5.69 Å². The number of fused-ring (bicyclic) bond motifs is 1. The summed E-state index contributed by atoms with van der Waals surface area (Å²) in [4.78, 5) is 17.8. The summed E-state index contributed by atoms with van der Waals surface area (Å²) in [6.07, 6.45) is 3.27. The van der Waals surface area contributed by atoms with E-state index in [9.17, 15) is 0 Å². The smallest absolute Gasteiger partial charge is 0.246 e. The highest BCUT2D eigenvalue weighted by Gasteiger charge is 2.17. The monoisotopic (exact) mass is 474 g/mol. The molecule has 10 heteroatoms. The first-order valence-corrected chi connectivity index (χ1v) is 11.8. The van der Waals surface area contributed by atoms with Gasteiger partial charge in [-0.1, -0.05) is 6.07 Å². The minimum absolute atomic E-state index is 0.421. The van der Waals surface area contributed by atoms with E-state index < -0.39 is 0 Å². The van der Waals surface area contributed by atoms with Crippen LogP contribution in [0.15, 0.2) is 48.9 Å². The standard InChI is InChI=1S/C25H30N8O2/c1-18-15-19(6-7-21(18)35-16-20-5-3-4-8-26-20)29-23-22-24(28-17-27-23)30-31-25(22)34-14-13-33-11-9-32(2)10-12-33/h3-8,15,17H,9-14,16H2,1-2H3,(H2,27,28,29,30,31). The number of likely N-dealkylation sites (N-methyl/N-ethyl adjacent to an activating group) is 1. The Bertz CT molecular complexity index is 1260. The highest BCUT2D eigenvalue weighted by atomic mass is 16.5. The van der Waals surface area contributed by atoms with Crippen LogP contribution in [-0.4, -0.2) is 81.3 Å². The second-order valence-electron chi connectivity index (χ2n) is 8.68. The van der Waals surface area contributed by atoms with Crippen molar-refractivity contribution in [3.8, 4) is 11.6 Å². The lowest BCUT2D eigenvalue weighted by Crippen LogP contribution is -2.45. The zero-order valence-electron chi connectivity index (χ0n) is 20.1. The molecule has 1 fully saturated rings. The van der Waals surface area contributed by atoms with Crippen LogP contribution in [-0.2, 0) is 6.61 Å². The van der Waals surface area contributed by atoms with Crippen LogP contribution in [0.5, 0.6) is 11.6 Å². The van der Waals surface area contributed by atoms with E-state index in [4.69, 9.17) is 9.47 Å². The predicted octanol–water partition coefficient (Wildman–Crippen LogP) is 3.01. The third-order valence-electron chi connectivity index (χ3n) is 6.11. The number of anilines is 2. The maximum atomic E-state index is 6.04. The van der Waals surface area contributed by atoms with Crippen LogP contribution in [0.25, 0.3) is 11.0 Å². The quantitative estimate of drug-likeness (QED) is 0.379. The van der Waals surface area contributed by atoms with Crippen molar-refractivity contribution in [1.82, 2.24) is 34.9 Å². The molecule has 10 nitrogen and oxygen atoms in total. The molecule has 2 N–H and O–H groups in total. The summed E-state index contributed by atoms with van der Waals surface area (Å²) in [5.41, 5.74) is 3.41. The van der Waals surface area contributed by atoms with Crippen LogP contribution in [0.4, 0.5) is 11.5 Å². The Morgan fingerprint density at radius 3 is 2.71 bits per heavy atom. The molecule has 0 radical (unpaired) electrons. The van der Waals surface area contributed by atoms with Gasteiger partial charge in [0.25, 0.3) is 0 Å². The van der Waals surface area contributed by atoms with Crippen molar-refractivity contribution in [2.45, 2.75) is 13.5 Å². The Hall–Kier alpha value is -3.76. The second kappa shape index (κ2) is 10.7. The van der Waals surface area contributed by atoms with Crippen molar-refractivity contribution in [3.05, 3.63) is 60.2 Å². The number of aromatic amines is 1. The summed E-state index contributed by atoms with van der Waals surface area (Å²) in [7, 11) is 2.16. The second-order valence-corrected chi connectivity index (χ2v) is 8.68. The first-order chi connectivity index (χ1) is 17.2. The number of ether oxygens (including phenoxy) is 2. The van der Waals surface area contributed by atoms with Crippen molar-refractivity contribution in [3.63, 3.8) is 0 Å². The number of pyridine rings is 1. The fourth-order valence-electron chi connectivity index (χ4n) is 4.04. The van der Waals surface area contributed by atoms with E-state index in [1.165, 1.54) is 6.33 Å². The summed E-state index contributed by atoms with van der Waals surface area (Å²) >= 11 is 0. The topological polar surface area (TPSA) is 104 Å². The summed E-state index contributed by atoms with van der Waals surface area (Å²) in [5.74, 6) is 1.95. The highest BCUT2D eigenvalue weighted by Crippen LogP contribution is 2.31. The molecule has 0 bridgehead atoms. The van der Waals surface area contributed by atoms with Gasteiger partial charge in [-0.25, -0.2) is 9.97 Å². The van der Waals surface area contributed by atoms with Gasteiger partial charge in [0, 0.05) is 44.6 Å². The average molecular weight is 475 g/mol. The summed E-state index contributed by atoms with van der Waals surface area (Å²) in [6, 6.07) is 11.7. The molecule has 0 saturated carbocycles. The summed E-state index contributed by atoms with van der Waals surface area (Å²) < 4.78 is 12.0. The van der Waals surface area contributed by atoms with Crippen molar-refractivity contribution in [2.24, 2.45) is 0 Å². The molecule has 1 aromatic carbocycles. The molecule has 1 aliphatic heterocycles. The van der Waals surface area contributed by atoms with Gasteiger partial charge in [-0.15, -0.1) is 5.10 Å². The predicted molar refractivity (Wildman–Crippen MR) is 134 cm³/mol. The van der Waals surface area contributed by atoms with Crippen LogP contribution in [0.3, 0.4) is 0 Å². The molecule has 182 valence electrons. The number of hydrogen-bond acceptors (Lipinski definition) is 9. The maximum absolute atomic E-state index is 6.04. The molecule has 1 aliphatic rings. The van der Waals surface area contributed by atoms with E-state index >= 15 is 0 Å². The van der Waals surface area contributed by atoms with Gasteiger partial charge in [0.1, 0.15) is 36.5 Å². The number of rotatable bonds is 9. The molecule has 4 heterocycles. The first kappa shape index (κ1) is 23.0. The van der Waals surface area contributed by atoms with Crippen molar-refractivity contribution < 1.29 is 9.47 Å². The van der Waals surface area contributed by atoms with Crippen LogP contribution < -0.4 is 14.8 Å². The zero-order valence-corrected chi connectivity index (χ0v) is 20.1. The number of nitrogens with one attached hydrogen (secondary N) is 2. The largest absolute Gasteiger partial charge is 0.487 e. The van der Waals surface area contributed by atoms with Gasteiger partial charge < -0.3 is 19.7 Å². The third kappa shape index (κ3) is 5.67. The van der Waals surface area contributed by atoms with Crippen LogP contribution in [0.2, 0.25) is 0 Å². The Balaban J connectivity index is 1.25. The molecule has 0 aliphatic carbocycles. The fourth-order valence-corrected chi connectivity index (χ4v) is 4.04. The van der Waals surface area contributed by atoms with Crippen LogP contribution in [0.1, 0.15) is 11.3 Å². The molecule has 5 rings (SSSR count). The van der Waals surface area contributed by atoms with Gasteiger partial charge in [-0.3, -0.25) is 15.0 Å². The lowest BCUT2D eigenvalue weighted by molar-refractivity contribution is 0.133. The molecule has 0 amide bonds. The SMILES string of the molecule is Cc1cc(Nc2ncnc3[nH]nc(OCCN4CCN(C)CC4)c23)ccc1OCc1ccccn1. The molecule has 0 spiro atoms. The third-order valence-corrected chi connectivity index (χ3v) is 6.11. The Kier molecular flexibility index (Phi) is 7.01. The van der Waals surface area contributed by atoms with E-state index in [-0.39, 0.29) is 0 Å². The van der Waals surface area contributed by atoms with Gasteiger partial charge in [-0.05, 0) is 49.9 Å². The lowest BCUT2D eigenvalue weighted by Gasteiger charge is -2.32. The molecule has 3 aromatic heterocycles. The average Bonchev–Trinajstić information content (AvgIpc) is 3.29. The number of nitrogens with zero attached hydrogens (tertiary/aromatic N) is 6. The molecule has 1 saturated heterocycles. The number of H-pyrrole nitrogens is 1. The minimum Gasteiger partial charge on any atom is -0.487 e. The van der Waals surface area contributed by atoms with Crippen LogP contribution in [0, 0.1) is 6.92 Å². The van der Waals surface area contributed by atoms with Gasteiger partial charge >= 0.3 is 0 Å². The number of aromatic nitrogens is 5. The van der Waals surface area contributed by atoms with Crippen molar-refractivity contribution in [2.75, 3.05) is 51.7 Å². The van der Waals surface area contributed by atoms with Crippen molar-refractivity contribution in [1.29, 1.82) is 0 Å². The maximum Gasteiger partial charge on any atom is 0.246 e. The molecular weight excluding hydrogens is 444 g/mol. The highest BCUT2D eigenvalue weighted by molar-refractivity contribution is 5.92. The van der Waals surface area contributed by atoms with Gasteiger partial charge in [0.15, 0.2) is 5.65 Å².